The fourth-order valence-corrected chi connectivity index (χ4v) is 2.68. The number of anilines is 1. The number of nitrogens with one attached hydrogen (secondary N) is 1. The Kier molecular flexibility index (Phi) is 4.53. The van der Waals surface area contributed by atoms with E-state index in [1.54, 1.807) is 0 Å². The molecule has 1 saturated heterocycles. The van der Waals surface area contributed by atoms with Gasteiger partial charge in [0.25, 0.3) is 0 Å². The molecule has 0 radical (unpaired) electrons. The van der Waals surface area contributed by atoms with Crippen LogP contribution in [0.4, 0.5) is 5.82 Å². The van der Waals surface area contributed by atoms with Crippen molar-refractivity contribution >= 4 is 5.82 Å². The zero-order valence-electron chi connectivity index (χ0n) is 12.3. The van der Waals surface area contributed by atoms with Crippen LogP contribution in [-0.4, -0.2) is 37.3 Å². The Morgan fingerprint density at radius 3 is 3.00 bits per heavy atom. The molecule has 4 heteroatoms. The average molecular weight is 275 g/mol. The maximum Gasteiger partial charge on any atom is 0.128 e. The first-order chi connectivity index (χ1) is 9.81. The van der Waals surface area contributed by atoms with Gasteiger partial charge in [-0.15, -0.1) is 0 Å². The molecule has 2 heterocycles. The van der Waals surface area contributed by atoms with E-state index in [0.29, 0.717) is 6.10 Å². The minimum Gasteiger partial charge on any atom is -0.376 e. The van der Waals surface area contributed by atoms with E-state index in [0.717, 1.165) is 31.6 Å². The number of hydrogen-bond acceptors (Lipinski definition) is 4. The van der Waals surface area contributed by atoms with E-state index in [1.807, 2.05) is 6.20 Å². The van der Waals surface area contributed by atoms with Crippen molar-refractivity contribution in [2.75, 3.05) is 25.1 Å². The van der Waals surface area contributed by atoms with Crippen LogP contribution in [0.3, 0.4) is 0 Å². The van der Waals surface area contributed by atoms with Crippen LogP contribution in [-0.2, 0) is 11.3 Å². The second-order valence-electron chi connectivity index (χ2n) is 6.05. The Bertz CT molecular complexity index is 427. The van der Waals surface area contributed by atoms with Crippen molar-refractivity contribution in [2.24, 2.45) is 0 Å². The molecule has 0 aromatic carbocycles. The lowest BCUT2D eigenvalue weighted by atomic mass is 10.1. The summed E-state index contributed by atoms with van der Waals surface area (Å²) in [6.45, 7) is 2.80. The molecule has 4 nitrogen and oxygen atoms in total. The molecule has 110 valence electrons. The number of pyridine rings is 1. The van der Waals surface area contributed by atoms with Crippen LogP contribution in [0.15, 0.2) is 18.3 Å². The van der Waals surface area contributed by atoms with Gasteiger partial charge in [0.15, 0.2) is 0 Å². The monoisotopic (exact) mass is 275 g/mol. The van der Waals surface area contributed by atoms with Gasteiger partial charge in [-0.25, -0.2) is 4.98 Å². The number of ether oxygens (including phenoxy) is 1. The van der Waals surface area contributed by atoms with Crippen LogP contribution in [0, 0.1) is 0 Å². The summed E-state index contributed by atoms with van der Waals surface area (Å²) in [5.74, 6) is 1.05. The van der Waals surface area contributed by atoms with E-state index in [4.69, 9.17) is 4.74 Å². The zero-order valence-corrected chi connectivity index (χ0v) is 12.3. The van der Waals surface area contributed by atoms with E-state index < -0.39 is 0 Å². The van der Waals surface area contributed by atoms with Crippen molar-refractivity contribution in [3.05, 3.63) is 23.9 Å². The molecule has 1 unspecified atom stereocenters. The molecule has 1 aromatic rings. The minimum absolute atomic E-state index is 0.365. The smallest absolute Gasteiger partial charge is 0.128 e. The van der Waals surface area contributed by atoms with Crippen LogP contribution < -0.4 is 10.2 Å². The van der Waals surface area contributed by atoms with E-state index in [9.17, 15) is 0 Å². The predicted octanol–water partition coefficient (Wildman–Crippen LogP) is 2.34. The van der Waals surface area contributed by atoms with Crippen LogP contribution in [0.5, 0.6) is 0 Å². The highest BCUT2D eigenvalue weighted by Gasteiger charge is 2.20. The summed E-state index contributed by atoms with van der Waals surface area (Å²) < 4.78 is 5.81. The minimum atomic E-state index is 0.365. The molecule has 1 aliphatic heterocycles. The molecule has 1 saturated carbocycles. The van der Waals surface area contributed by atoms with Gasteiger partial charge in [-0.3, -0.25) is 0 Å². The van der Waals surface area contributed by atoms with Gasteiger partial charge in [0.2, 0.25) is 0 Å². The van der Waals surface area contributed by atoms with Gasteiger partial charge in [0.1, 0.15) is 5.82 Å². The first-order valence-electron chi connectivity index (χ1n) is 7.82. The molecular formula is C16H25N3O. The number of rotatable bonds is 6. The van der Waals surface area contributed by atoms with Crippen LogP contribution >= 0.6 is 0 Å². The molecule has 0 spiro atoms. The second-order valence-corrected chi connectivity index (χ2v) is 6.05. The van der Waals surface area contributed by atoms with E-state index in [2.05, 4.69) is 34.4 Å². The molecule has 1 N–H and O–H groups in total. The molecule has 0 amide bonds. The number of hydrogen-bond donors (Lipinski definition) is 1. The highest BCUT2D eigenvalue weighted by Crippen LogP contribution is 2.20. The van der Waals surface area contributed by atoms with Gasteiger partial charge in [-0.1, -0.05) is 0 Å². The maximum atomic E-state index is 5.81. The highest BCUT2D eigenvalue weighted by molar-refractivity contribution is 5.40. The third-order valence-corrected chi connectivity index (χ3v) is 4.12. The zero-order chi connectivity index (χ0) is 13.8. The van der Waals surface area contributed by atoms with E-state index >= 15 is 0 Å². The fraction of sp³-hybridized carbons (Fsp3) is 0.688. The van der Waals surface area contributed by atoms with Gasteiger partial charge in [0.05, 0.1) is 6.10 Å². The van der Waals surface area contributed by atoms with Crippen molar-refractivity contribution in [1.82, 2.24) is 10.3 Å². The summed E-state index contributed by atoms with van der Waals surface area (Å²) in [6.07, 6.45) is 8.61. The Morgan fingerprint density at radius 2 is 2.25 bits per heavy atom. The van der Waals surface area contributed by atoms with Crippen LogP contribution in [0.25, 0.3) is 0 Å². The maximum absolute atomic E-state index is 5.81. The Morgan fingerprint density at radius 1 is 1.35 bits per heavy atom. The molecule has 1 aliphatic carbocycles. The summed E-state index contributed by atoms with van der Waals surface area (Å²) in [4.78, 5) is 6.71. The Hall–Kier alpha value is -1.13. The lowest BCUT2D eigenvalue weighted by Crippen LogP contribution is -2.33. The summed E-state index contributed by atoms with van der Waals surface area (Å²) in [7, 11) is 2.11. The van der Waals surface area contributed by atoms with E-state index in [-0.39, 0.29) is 0 Å². The largest absolute Gasteiger partial charge is 0.376 e. The van der Waals surface area contributed by atoms with Crippen molar-refractivity contribution in [2.45, 2.75) is 50.8 Å². The van der Waals surface area contributed by atoms with Crippen LogP contribution in [0.1, 0.15) is 37.7 Å². The van der Waals surface area contributed by atoms with Crippen LogP contribution in [0.2, 0.25) is 0 Å². The number of likely N-dealkylation sites (N-methyl/N-ethyl adjacent to an activating group) is 1. The lowest BCUT2D eigenvalue weighted by molar-refractivity contribution is 0.0215. The fourth-order valence-electron chi connectivity index (χ4n) is 2.68. The molecule has 1 atom stereocenters. The van der Waals surface area contributed by atoms with E-state index in [1.165, 1.54) is 37.7 Å². The third kappa shape index (κ3) is 3.93. The average Bonchev–Trinajstić information content (AvgIpc) is 3.31. The number of nitrogens with zero attached hydrogens (tertiary/aromatic N) is 2. The first-order valence-corrected chi connectivity index (χ1v) is 7.82. The standard InChI is InChI=1S/C16H25N3O/c1-19(12-15-4-2-3-9-20-15)16-10-13(7-8-17-16)11-18-14-5-6-14/h7-8,10,14-15,18H,2-6,9,11-12H2,1H3. The van der Waals surface area contributed by atoms with Crippen molar-refractivity contribution in [3.63, 3.8) is 0 Å². The summed E-state index contributed by atoms with van der Waals surface area (Å²) in [5, 5.41) is 3.55. The Balaban J connectivity index is 1.55. The third-order valence-electron chi connectivity index (χ3n) is 4.12. The van der Waals surface area contributed by atoms with Crippen molar-refractivity contribution < 1.29 is 4.74 Å². The molecule has 3 rings (SSSR count). The highest BCUT2D eigenvalue weighted by atomic mass is 16.5. The first kappa shape index (κ1) is 13.8. The SMILES string of the molecule is CN(CC1CCCCO1)c1cc(CNC2CC2)ccn1. The molecule has 20 heavy (non-hydrogen) atoms. The summed E-state index contributed by atoms with van der Waals surface area (Å²) >= 11 is 0. The Labute approximate surface area is 121 Å². The van der Waals surface area contributed by atoms with Crippen molar-refractivity contribution in [1.29, 1.82) is 0 Å². The van der Waals surface area contributed by atoms with Gasteiger partial charge in [-0.2, -0.15) is 0 Å². The van der Waals surface area contributed by atoms with Gasteiger partial charge >= 0.3 is 0 Å². The summed E-state index contributed by atoms with van der Waals surface area (Å²) in [5.41, 5.74) is 1.32. The predicted molar refractivity (Wildman–Crippen MR) is 81.0 cm³/mol. The van der Waals surface area contributed by atoms with Gasteiger partial charge in [0, 0.05) is 39.0 Å². The molecule has 2 fully saturated rings. The normalized spacial score (nSPS) is 22.8. The van der Waals surface area contributed by atoms with Crippen molar-refractivity contribution in [3.8, 4) is 0 Å². The topological polar surface area (TPSA) is 37.4 Å². The number of aromatic nitrogens is 1. The van der Waals surface area contributed by atoms with Gasteiger partial charge < -0.3 is 15.0 Å². The lowest BCUT2D eigenvalue weighted by Gasteiger charge is -2.28. The molecule has 2 aliphatic rings. The molecule has 0 bridgehead atoms. The molecule has 1 aromatic heterocycles. The second kappa shape index (κ2) is 6.55. The molecular weight excluding hydrogens is 250 g/mol. The quantitative estimate of drug-likeness (QED) is 0.864. The summed E-state index contributed by atoms with van der Waals surface area (Å²) in [6, 6.07) is 5.04. The van der Waals surface area contributed by atoms with Gasteiger partial charge in [-0.05, 0) is 49.8 Å².